The van der Waals surface area contributed by atoms with E-state index in [0.29, 0.717) is 6.08 Å². The van der Waals surface area contributed by atoms with Crippen LogP contribution < -0.4 is 0 Å². The Morgan fingerprint density at radius 1 is 1.10 bits per heavy atom. The van der Waals surface area contributed by atoms with Crippen molar-refractivity contribution >= 4 is 5.97 Å². The molecule has 2 aliphatic carbocycles. The van der Waals surface area contributed by atoms with E-state index in [-0.39, 0.29) is 18.8 Å². The van der Waals surface area contributed by atoms with Crippen molar-refractivity contribution in [3.8, 4) is 0 Å². The molecule has 2 bridgehead atoms. The lowest BCUT2D eigenvalue weighted by molar-refractivity contribution is -0.387. The summed E-state index contributed by atoms with van der Waals surface area (Å²) in [6, 6.07) is 0. The van der Waals surface area contributed by atoms with Gasteiger partial charge in [0.1, 0.15) is 0 Å². The number of esters is 1. The molecule has 1 saturated carbocycles. The summed E-state index contributed by atoms with van der Waals surface area (Å²) in [5.74, 6) is -4.85. The molecular formula is C13H12F6O2. The summed E-state index contributed by atoms with van der Waals surface area (Å²) in [5, 5.41) is 0. The van der Waals surface area contributed by atoms with E-state index in [9.17, 15) is 31.1 Å². The second-order valence-corrected chi connectivity index (χ2v) is 5.24. The molecule has 118 valence electrons. The summed E-state index contributed by atoms with van der Waals surface area (Å²) in [6.45, 7) is 2.86. The molecule has 0 saturated heterocycles. The first-order valence-electron chi connectivity index (χ1n) is 6.20. The van der Waals surface area contributed by atoms with Gasteiger partial charge < -0.3 is 4.74 Å². The van der Waals surface area contributed by atoms with Crippen LogP contribution in [0.15, 0.2) is 24.8 Å². The van der Waals surface area contributed by atoms with Gasteiger partial charge in [-0.05, 0) is 24.7 Å². The van der Waals surface area contributed by atoms with Gasteiger partial charge in [-0.1, -0.05) is 18.7 Å². The average molecular weight is 314 g/mol. The third-order valence-corrected chi connectivity index (χ3v) is 4.07. The molecule has 3 atom stereocenters. The van der Waals surface area contributed by atoms with E-state index in [0.717, 1.165) is 0 Å². The maximum atomic E-state index is 13.3. The second-order valence-electron chi connectivity index (χ2n) is 5.24. The van der Waals surface area contributed by atoms with Gasteiger partial charge in [0.2, 0.25) is 0 Å². The highest BCUT2D eigenvalue weighted by molar-refractivity contribution is 5.81. The highest BCUT2D eigenvalue weighted by atomic mass is 19.4. The van der Waals surface area contributed by atoms with Gasteiger partial charge in [0, 0.05) is 12.0 Å². The summed E-state index contributed by atoms with van der Waals surface area (Å²) in [4.78, 5) is 11.1. The topological polar surface area (TPSA) is 26.3 Å². The SMILES string of the molecule is C=CC(=O)OC(C1CC2C=CC1C2)(C(F)(F)F)C(F)(F)F. The number of rotatable bonds is 3. The fourth-order valence-corrected chi connectivity index (χ4v) is 3.22. The minimum absolute atomic E-state index is 0.213. The largest absolute Gasteiger partial charge is 0.437 e. The number of alkyl halides is 6. The molecule has 0 radical (unpaired) electrons. The molecule has 21 heavy (non-hydrogen) atoms. The van der Waals surface area contributed by atoms with E-state index in [1.165, 1.54) is 6.08 Å². The number of carbonyl (C=O) groups excluding carboxylic acids is 1. The molecule has 0 aromatic carbocycles. The fourth-order valence-electron chi connectivity index (χ4n) is 3.22. The zero-order chi connectivity index (χ0) is 16.1. The van der Waals surface area contributed by atoms with E-state index in [4.69, 9.17) is 0 Å². The van der Waals surface area contributed by atoms with Gasteiger partial charge in [-0.2, -0.15) is 26.3 Å². The molecule has 2 aliphatic rings. The number of hydrogen-bond acceptors (Lipinski definition) is 2. The molecule has 8 heteroatoms. The number of carbonyl (C=O) groups is 1. The molecule has 1 fully saturated rings. The summed E-state index contributed by atoms with van der Waals surface area (Å²) < 4.78 is 83.6. The Morgan fingerprint density at radius 3 is 2.00 bits per heavy atom. The first-order valence-corrected chi connectivity index (χ1v) is 6.20. The third kappa shape index (κ3) is 2.34. The van der Waals surface area contributed by atoms with Crippen LogP contribution in [0.2, 0.25) is 0 Å². The molecule has 0 aromatic rings. The molecule has 0 N–H and O–H groups in total. The standard InChI is InChI=1S/C13H12F6O2/c1-2-10(20)21-11(12(14,15)16,13(17,18)19)9-6-7-3-4-8(9)5-7/h2-4,7-9H,1,5-6H2. The number of halogens is 6. The molecular weight excluding hydrogens is 302 g/mol. The Bertz CT molecular complexity index is 462. The molecule has 0 amide bonds. The zero-order valence-electron chi connectivity index (χ0n) is 10.7. The van der Waals surface area contributed by atoms with Crippen LogP contribution in [-0.4, -0.2) is 23.9 Å². The van der Waals surface area contributed by atoms with Crippen LogP contribution in [0.5, 0.6) is 0 Å². The lowest BCUT2D eigenvalue weighted by Crippen LogP contribution is -2.64. The van der Waals surface area contributed by atoms with Crippen LogP contribution in [-0.2, 0) is 9.53 Å². The summed E-state index contributed by atoms with van der Waals surface area (Å²) in [6.07, 6.45) is -8.37. The van der Waals surface area contributed by atoms with Crippen molar-refractivity contribution in [2.24, 2.45) is 17.8 Å². The zero-order valence-corrected chi connectivity index (χ0v) is 10.7. The molecule has 0 aliphatic heterocycles. The third-order valence-electron chi connectivity index (χ3n) is 4.07. The van der Waals surface area contributed by atoms with E-state index in [1.54, 1.807) is 6.08 Å². The number of allylic oxidation sites excluding steroid dienone is 2. The monoisotopic (exact) mass is 314 g/mol. The maximum Gasteiger partial charge on any atom is 0.437 e. The fraction of sp³-hybridized carbons (Fsp3) is 0.615. The quantitative estimate of drug-likeness (QED) is 0.343. The second kappa shape index (κ2) is 4.78. The lowest BCUT2D eigenvalue weighted by atomic mass is 9.77. The van der Waals surface area contributed by atoms with E-state index < -0.39 is 35.8 Å². The maximum absolute atomic E-state index is 13.3. The summed E-state index contributed by atoms with van der Waals surface area (Å²) >= 11 is 0. The Morgan fingerprint density at radius 2 is 1.67 bits per heavy atom. The highest BCUT2D eigenvalue weighted by Gasteiger charge is 2.79. The molecule has 2 rings (SSSR count). The van der Waals surface area contributed by atoms with E-state index in [2.05, 4.69) is 11.3 Å². The normalized spacial score (nSPS) is 28.8. The minimum atomic E-state index is -5.76. The van der Waals surface area contributed by atoms with Gasteiger partial charge in [0.15, 0.2) is 0 Å². The van der Waals surface area contributed by atoms with Gasteiger partial charge in [0.25, 0.3) is 0 Å². The summed E-state index contributed by atoms with van der Waals surface area (Å²) in [5.41, 5.74) is -4.49. The van der Waals surface area contributed by atoms with Crippen molar-refractivity contribution in [1.29, 1.82) is 0 Å². The van der Waals surface area contributed by atoms with Crippen molar-refractivity contribution in [1.82, 2.24) is 0 Å². The predicted molar refractivity (Wildman–Crippen MR) is 60.0 cm³/mol. The van der Waals surface area contributed by atoms with Crippen molar-refractivity contribution in [3.63, 3.8) is 0 Å². The highest BCUT2D eigenvalue weighted by Crippen LogP contribution is 2.59. The van der Waals surface area contributed by atoms with Gasteiger partial charge >= 0.3 is 23.9 Å². The average Bonchev–Trinajstić information content (AvgIpc) is 2.94. The van der Waals surface area contributed by atoms with Crippen LogP contribution in [0.25, 0.3) is 0 Å². The van der Waals surface area contributed by atoms with Crippen LogP contribution in [0.3, 0.4) is 0 Å². The molecule has 0 heterocycles. The molecule has 2 nitrogen and oxygen atoms in total. The van der Waals surface area contributed by atoms with Crippen molar-refractivity contribution in [2.75, 3.05) is 0 Å². The van der Waals surface area contributed by atoms with Crippen LogP contribution in [0, 0.1) is 17.8 Å². The van der Waals surface area contributed by atoms with Crippen molar-refractivity contribution in [3.05, 3.63) is 24.8 Å². The molecule has 0 aromatic heterocycles. The first kappa shape index (κ1) is 15.9. The van der Waals surface area contributed by atoms with E-state index in [1.807, 2.05) is 0 Å². The van der Waals surface area contributed by atoms with E-state index >= 15 is 0 Å². The van der Waals surface area contributed by atoms with Crippen LogP contribution in [0.1, 0.15) is 12.8 Å². The van der Waals surface area contributed by atoms with Gasteiger partial charge in [0.05, 0.1) is 0 Å². The lowest BCUT2D eigenvalue weighted by Gasteiger charge is -2.42. The Labute approximate surface area is 116 Å². The summed E-state index contributed by atoms with van der Waals surface area (Å²) in [7, 11) is 0. The van der Waals surface area contributed by atoms with Crippen molar-refractivity contribution in [2.45, 2.75) is 30.8 Å². The van der Waals surface area contributed by atoms with Crippen LogP contribution >= 0.6 is 0 Å². The van der Waals surface area contributed by atoms with Gasteiger partial charge in [-0.25, -0.2) is 4.79 Å². The van der Waals surface area contributed by atoms with Crippen LogP contribution in [0.4, 0.5) is 26.3 Å². The van der Waals surface area contributed by atoms with Gasteiger partial charge in [-0.15, -0.1) is 0 Å². The molecule has 0 spiro atoms. The first-order chi connectivity index (χ1) is 9.53. The van der Waals surface area contributed by atoms with Gasteiger partial charge in [-0.3, -0.25) is 0 Å². The Balaban J connectivity index is 2.53. The Hall–Kier alpha value is -1.47. The van der Waals surface area contributed by atoms with Crippen molar-refractivity contribution < 1.29 is 35.9 Å². The predicted octanol–water partition coefficient (Wildman–Crippen LogP) is 3.79. The Kier molecular flexibility index (Phi) is 3.62. The molecule has 3 unspecified atom stereocenters. The number of ether oxygens (including phenoxy) is 1. The minimum Gasteiger partial charge on any atom is -0.436 e. The number of hydrogen-bond donors (Lipinski definition) is 0. The number of fused-ring (bicyclic) bond motifs is 2. The smallest absolute Gasteiger partial charge is 0.436 e.